The zero-order chi connectivity index (χ0) is 17.3. The Labute approximate surface area is 150 Å². The number of nitrogens with one attached hydrogen (secondary N) is 1. The van der Waals surface area contributed by atoms with Crippen molar-refractivity contribution in [2.75, 3.05) is 19.9 Å². The van der Waals surface area contributed by atoms with Gasteiger partial charge in [-0.3, -0.25) is 0 Å². The summed E-state index contributed by atoms with van der Waals surface area (Å²) in [6.45, 7) is 3.03. The normalized spacial score (nSPS) is 16.9. The number of aromatic nitrogens is 5. The van der Waals surface area contributed by atoms with Crippen molar-refractivity contribution in [3.05, 3.63) is 42.4 Å². The Morgan fingerprint density at radius 2 is 2.04 bits per heavy atom. The van der Waals surface area contributed by atoms with Crippen LogP contribution in [0.1, 0.15) is 24.4 Å². The van der Waals surface area contributed by atoms with Crippen molar-refractivity contribution in [2.24, 2.45) is 0 Å². The van der Waals surface area contributed by atoms with E-state index in [-0.39, 0.29) is 6.79 Å². The lowest BCUT2D eigenvalue weighted by Crippen LogP contribution is -2.29. The zero-order valence-electron chi connectivity index (χ0n) is 14.3. The molecule has 0 saturated carbocycles. The van der Waals surface area contributed by atoms with Crippen molar-refractivity contribution in [3.63, 3.8) is 0 Å². The molecule has 0 atom stereocenters. The van der Waals surface area contributed by atoms with Gasteiger partial charge in [-0.05, 0) is 43.6 Å². The predicted octanol–water partition coefficient (Wildman–Crippen LogP) is 1.84. The molecule has 0 spiro atoms. The second kappa shape index (κ2) is 6.45. The van der Waals surface area contributed by atoms with E-state index in [1.165, 1.54) is 0 Å². The molecule has 26 heavy (non-hydrogen) atoms. The summed E-state index contributed by atoms with van der Waals surface area (Å²) in [7, 11) is 0. The van der Waals surface area contributed by atoms with E-state index in [4.69, 9.17) is 9.47 Å². The van der Waals surface area contributed by atoms with E-state index in [2.05, 4.69) is 25.2 Å². The summed E-state index contributed by atoms with van der Waals surface area (Å²) in [6, 6.07) is 6.41. The molecule has 134 valence electrons. The molecule has 0 aliphatic carbocycles. The van der Waals surface area contributed by atoms with Crippen molar-refractivity contribution in [2.45, 2.75) is 25.4 Å². The third-order valence-corrected chi connectivity index (χ3v) is 4.93. The average molecular weight is 352 g/mol. The first kappa shape index (κ1) is 15.4. The molecule has 3 aromatic rings. The van der Waals surface area contributed by atoms with Gasteiger partial charge in [0.2, 0.25) is 6.79 Å². The molecule has 0 unspecified atom stereocenters. The summed E-state index contributed by atoms with van der Waals surface area (Å²) in [4.78, 5) is 4.49. The van der Waals surface area contributed by atoms with Crippen LogP contribution < -0.4 is 14.8 Å². The second-order valence-electron chi connectivity index (χ2n) is 6.63. The number of benzene rings is 1. The van der Waals surface area contributed by atoms with Gasteiger partial charge in [-0.1, -0.05) is 11.3 Å². The Balaban J connectivity index is 1.38. The number of rotatable bonds is 4. The van der Waals surface area contributed by atoms with Crippen LogP contribution in [0.4, 0.5) is 0 Å². The van der Waals surface area contributed by atoms with E-state index >= 15 is 0 Å². The highest BCUT2D eigenvalue weighted by Crippen LogP contribution is 2.33. The molecule has 2 aliphatic rings. The minimum Gasteiger partial charge on any atom is -0.454 e. The Morgan fingerprint density at radius 3 is 2.96 bits per heavy atom. The lowest BCUT2D eigenvalue weighted by Gasteiger charge is -2.22. The number of fused-ring (bicyclic) bond motifs is 1. The molecule has 2 aromatic heterocycles. The summed E-state index contributed by atoms with van der Waals surface area (Å²) < 4.78 is 14.9. The topological polar surface area (TPSA) is 79.0 Å². The molecule has 1 aromatic carbocycles. The first-order valence-corrected chi connectivity index (χ1v) is 8.89. The van der Waals surface area contributed by atoms with E-state index in [9.17, 15) is 0 Å². The van der Waals surface area contributed by atoms with E-state index in [1.54, 1.807) is 6.20 Å². The van der Waals surface area contributed by atoms with Crippen LogP contribution in [0, 0.1) is 0 Å². The molecule has 8 heteroatoms. The second-order valence-corrected chi connectivity index (χ2v) is 6.63. The van der Waals surface area contributed by atoms with Crippen molar-refractivity contribution < 1.29 is 9.47 Å². The third-order valence-electron chi connectivity index (χ3n) is 4.93. The highest BCUT2D eigenvalue weighted by molar-refractivity contribution is 5.49. The third kappa shape index (κ3) is 2.82. The van der Waals surface area contributed by atoms with Crippen molar-refractivity contribution >= 4 is 0 Å². The van der Waals surface area contributed by atoms with Gasteiger partial charge in [-0.2, -0.15) is 0 Å². The Kier molecular flexibility index (Phi) is 3.82. The highest BCUT2D eigenvalue weighted by atomic mass is 16.7. The quantitative estimate of drug-likeness (QED) is 0.772. The van der Waals surface area contributed by atoms with Crippen molar-refractivity contribution in [1.82, 2.24) is 29.9 Å². The number of imidazole rings is 1. The molecule has 4 heterocycles. The molecular weight excluding hydrogens is 332 g/mol. The van der Waals surface area contributed by atoms with Crippen LogP contribution in [0.25, 0.3) is 11.5 Å². The molecule has 1 saturated heterocycles. The summed E-state index contributed by atoms with van der Waals surface area (Å²) >= 11 is 0. The van der Waals surface area contributed by atoms with Gasteiger partial charge in [-0.15, -0.1) is 5.10 Å². The van der Waals surface area contributed by atoms with Gasteiger partial charge in [0.25, 0.3) is 0 Å². The number of nitrogens with zero attached hydrogens (tertiary/aromatic N) is 5. The fraction of sp³-hybridized carbons (Fsp3) is 0.389. The largest absolute Gasteiger partial charge is 0.454 e. The predicted molar refractivity (Wildman–Crippen MR) is 94.1 cm³/mol. The van der Waals surface area contributed by atoms with Gasteiger partial charge in [0, 0.05) is 18.9 Å². The van der Waals surface area contributed by atoms with Crippen LogP contribution in [0.15, 0.2) is 36.8 Å². The molecule has 0 amide bonds. The van der Waals surface area contributed by atoms with Crippen LogP contribution in [0.3, 0.4) is 0 Å². The Hall–Kier alpha value is -2.87. The van der Waals surface area contributed by atoms with Gasteiger partial charge >= 0.3 is 0 Å². The molecular formula is C18H20N6O2. The smallest absolute Gasteiger partial charge is 0.231 e. The van der Waals surface area contributed by atoms with Crippen LogP contribution in [-0.4, -0.2) is 44.4 Å². The lowest BCUT2D eigenvalue weighted by molar-refractivity contribution is 0.174. The van der Waals surface area contributed by atoms with E-state index in [0.29, 0.717) is 12.6 Å². The maximum Gasteiger partial charge on any atom is 0.231 e. The lowest BCUT2D eigenvalue weighted by atomic mass is 10.1. The van der Waals surface area contributed by atoms with Crippen LogP contribution in [0.2, 0.25) is 0 Å². The highest BCUT2D eigenvalue weighted by Gasteiger charge is 2.19. The fourth-order valence-corrected chi connectivity index (χ4v) is 3.53. The van der Waals surface area contributed by atoms with Crippen LogP contribution >= 0.6 is 0 Å². The first-order chi connectivity index (χ1) is 12.9. The van der Waals surface area contributed by atoms with Gasteiger partial charge in [0.05, 0.1) is 12.2 Å². The van der Waals surface area contributed by atoms with Gasteiger partial charge < -0.3 is 19.4 Å². The van der Waals surface area contributed by atoms with E-state index in [1.807, 2.05) is 35.3 Å². The summed E-state index contributed by atoms with van der Waals surface area (Å²) in [5, 5.41) is 12.1. The van der Waals surface area contributed by atoms with E-state index in [0.717, 1.165) is 54.5 Å². The number of piperidine rings is 1. The Bertz CT molecular complexity index is 912. The molecule has 0 radical (unpaired) electrons. The van der Waals surface area contributed by atoms with Gasteiger partial charge in [0.15, 0.2) is 17.3 Å². The molecule has 2 aliphatic heterocycles. The SMILES string of the molecule is c1cn(Cc2ccc3c(c2)OCO3)c(-c2cn(C3CCNCC3)nn2)n1. The standard InChI is InChI=1S/C18H20N6O2/c1-2-16-17(26-12-25-16)9-13(1)10-23-8-7-20-18(23)15-11-24(22-21-15)14-3-5-19-6-4-14/h1-2,7-9,11,14,19H,3-6,10,12H2. The minimum atomic E-state index is 0.287. The summed E-state index contributed by atoms with van der Waals surface area (Å²) in [5.74, 6) is 2.41. The average Bonchev–Trinajstić information content (AvgIpc) is 3.42. The first-order valence-electron chi connectivity index (χ1n) is 8.89. The number of hydrogen-bond donors (Lipinski definition) is 1. The molecule has 1 N–H and O–H groups in total. The molecule has 0 bridgehead atoms. The zero-order valence-corrected chi connectivity index (χ0v) is 14.3. The van der Waals surface area contributed by atoms with Gasteiger partial charge in [-0.25, -0.2) is 9.67 Å². The summed E-state index contributed by atoms with van der Waals surface area (Å²) in [6.07, 6.45) is 7.92. The number of ether oxygens (including phenoxy) is 2. The monoisotopic (exact) mass is 352 g/mol. The van der Waals surface area contributed by atoms with Crippen LogP contribution in [-0.2, 0) is 6.54 Å². The maximum absolute atomic E-state index is 5.47. The van der Waals surface area contributed by atoms with Gasteiger partial charge in [0.1, 0.15) is 5.69 Å². The van der Waals surface area contributed by atoms with Crippen molar-refractivity contribution in [3.8, 4) is 23.0 Å². The summed E-state index contributed by atoms with van der Waals surface area (Å²) in [5.41, 5.74) is 1.92. The van der Waals surface area contributed by atoms with Crippen molar-refractivity contribution in [1.29, 1.82) is 0 Å². The van der Waals surface area contributed by atoms with Crippen LogP contribution in [0.5, 0.6) is 11.5 Å². The molecule has 8 nitrogen and oxygen atoms in total. The molecule has 1 fully saturated rings. The maximum atomic E-state index is 5.47. The fourth-order valence-electron chi connectivity index (χ4n) is 3.53. The minimum absolute atomic E-state index is 0.287. The molecule has 5 rings (SSSR count). The number of hydrogen-bond acceptors (Lipinski definition) is 6. The Morgan fingerprint density at radius 1 is 1.15 bits per heavy atom. The van der Waals surface area contributed by atoms with E-state index < -0.39 is 0 Å².